The SMILES string of the molecule is N#Cc1cccnc1N1CCN(CC(=O)Nc2ccc(Oc3ccccc3)cc2)CC1. The molecular weight excluding hydrogens is 390 g/mol. The van der Waals surface area contributed by atoms with Crippen LogP contribution < -0.4 is 15.0 Å². The van der Waals surface area contributed by atoms with Crippen LogP contribution in [0.1, 0.15) is 5.56 Å². The van der Waals surface area contributed by atoms with Crippen LogP contribution in [0, 0.1) is 11.3 Å². The molecule has 0 saturated carbocycles. The van der Waals surface area contributed by atoms with Gasteiger partial charge in [0.15, 0.2) is 0 Å². The quantitative estimate of drug-likeness (QED) is 0.666. The zero-order chi connectivity index (χ0) is 21.5. The number of amides is 1. The Morgan fingerprint density at radius 1 is 0.968 bits per heavy atom. The van der Waals surface area contributed by atoms with Gasteiger partial charge in [0.05, 0.1) is 12.1 Å². The average Bonchev–Trinajstić information content (AvgIpc) is 2.81. The molecule has 2 aromatic carbocycles. The summed E-state index contributed by atoms with van der Waals surface area (Å²) < 4.78 is 5.77. The molecule has 1 aliphatic heterocycles. The standard InChI is InChI=1S/C24H23N5O2/c25-17-19-5-4-12-26-24(19)29-15-13-28(14-16-29)18-23(30)27-20-8-10-22(11-9-20)31-21-6-2-1-3-7-21/h1-12H,13-16,18H2,(H,27,30). The van der Waals surface area contributed by atoms with Crippen LogP contribution in [-0.4, -0.2) is 48.5 Å². The van der Waals surface area contributed by atoms with Gasteiger partial charge in [0.25, 0.3) is 0 Å². The second-order valence-electron chi connectivity index (χ2n) is 7.24. The van der Waals surface area contributed by atoms with E-state index in [1.54, 1.807) is 18.3 Å². The fourth-order valence-electron chi connectivity index (χ4n) is 3.49. The molecule has 1 amide bonds. The Labute approximate surface area is 181 Å². The summed E-state index contributed by atoms with van der Waals surface area (Å²) in [7, 11) is 0. The number of rotatable bonds is 6. The van der Waals surface area contributed by atoms with E-state index in [2.05, 4.69) is 26.2 Å². The van der Waals surface area contributed by atoms with Crippen LogP contribution >= 0.6 is 0 Å². The van der Waals surface area contributed by atoms with Gasteiger partial charge in [0.2, 0.25) is 5.91 Å². The van der Waals surface area contributed by atoms with Crippen molar-refractivity contribution in [3.8, 4) is 17.6 Å². The Kier molecular flexibility index (Phi) is 6.41. The minimum atomic E-state index is -0.0549. The highest BCUT2D eigenvalue weighted by Gasteiger charge is 2.21. The van der Waals surface area contributed by atoms with E-state index in [1.807, 2.05) is 54.6 Å². The zero-order valence-electron chi connectivity index (χ0n) is 17.1. The van der Waals surface area contributed by atoms with Crippen molar-refractivity contribution < 1.29 is 9.53 Å². The van der Waals surface area contributed by atoms with Crippen molar-refractivity contribution in [3.05, 3.63) is 78.5 Å². The number of anilines is 2. The van der Waals surface area contributed by atoms with Crippen LogP contribution in [0.3, 0.4) is 0 Å². The number of pyridine rings is 1. The Bertz CT molecular complexity index is 1060. The molecule has 0 unspecified atom stereocenters. The summed E-state index contributed by atoms with van der Waals surface area (Å²) in [5.74, 6) is 2.14. The van der Waals surface area contributed by atoms with Gasteiger partial charge in [-0.2, -0.15) is 5.26 Å². The zero-order valence-corrected chi connectivity index (χ0v) is 17.1. The van der Waals surface area contributed by atoms with Crippen LogP contribution in [0.15, 0.2) is 72.9 Å². The lowest BCUT2D eigenvalue weighted by molar-refractivity contribution is -0.117. The summed E-state index contributed by atoms with van der Waals surface area (Å²) in [4.78, 5) is 21.0. The Balaban J connectivity index is 1.25. The Morgan fingerprint density at radius 2 is 1.68 bits per heavy atom. The fraction of sp³-hybridized carbons (Fsp3) is 0.208. The first kappa shape index (κ1) is 20.4. The van der Waals surface area contributed by atoms with Crippen molar-refractivity contribution in [1.82, 2.24) is 9.88 Å². The smallest absolute Gasteiger partial charge is 0.238 e. The van der Waals surface area contributed by atoms with E-state index in [-0.39, 0.29) is 5.91 Å². The van der Waals surface area contributed by atoms with Gasteiger partial charge < -0.3 is 15.0 Å². The highest BCUT2D eigenvalue weighted by Crippen LogP contribution is 2.23. The molecule has 156 valence electrons. The van der Waals surface area contributed by atoms with Gasteiger partial charge in [-0.1, -0.05) is 18.2 Å². The minimum Gasteiger partial charge on any atom is -0.457 e. The maximum atomic E-state index is 12.5. The average molecular weight is 413 g/mol. The third-order valence-corrected chi connectivity index (χ3v) is 5.06. The first-order valence-corrected chi connectivity index (χ1v) is 10.2. The van der Waals surface area contributed by atoms with Crippen LogP contribution in [-0.2, 0) is 4.79 Å². The van der Waals surface area contributed by atoms with Gasteiger partial charge in [-0.15, -0.1) is 0 Å². The maximum absolute atomic E-state index is 12.5. The molecule has 7 nitrogen and oxygen atoms in total. The molecule has 0 spiro atoms. The lowest BCUT2D eigenvalue weighted by Crippen LogP contribution is -2.49. The first-order chi connectivity index (χ1) is 15.2. The molecule has 1 saturated heterocycles. The number of carbonyl (C=O) groups is 1. The van der Waals surface area contributed by atoms with Gasteiger partial charge >= 0.3 is 0 Å². The molecule has 31 heavy (non-hydrogen) atoms. The monoisotopic (exact) mass is 413 g/mol. The van der Waals surface area contributed by atoms with Crippen LogP contribution in [0.4, 0.5) is 11.5 Å². The van der Waals surface area contributed by atoms with Crippen molar-refractivity contribution >= 4 is 17.4 Å². The maximum Gasteiger partial charge on any atom is 0.238 e. The van der Waals surface area contributed by atoms with E-state index in [0.29, 0.717) is 23.7 Å². The number of para-hydroxylation sites is 1. The number of nitrogens with zero attached hydrogens (tertiary/aromatic N) is 4. The number of hydrogen-bond acceptors (Lipinski definition) is 6. The third-order valence-electron chi connectivity index (χ3n) is 5.06. The van der Waals surface area contributed by atoms with Gasteiger partial charge in [0.1, 0.15) is 23.4 Å². The van der Waals surface area contributed by atoms with Crippen LogP contribution in [0.2, 0.25) is 0 Å². The number of piperazine rings is 1. The minimum absolute atomic E-state index is 0.0549. The molecule has 0 bridgehead atoms. The molecule has 0 atom stereocenters. The molecule has 2 heterocycles. The summed E-state index contributed by atoms with van der Waals surface area (Å²) in [6.45, 7) is 3.25. The highest BCUT2D eigenvalue weighted by molar-refractivity contribution is 5.92. The van der Waals surface area contributed by atoms with Crippen molar-refractivity contribution in [3.63, 3.8) is 0 Å². The molecule has 1 N–H and O–H groups in total. The molecular formula is C24H23N5O2. The molecule has 0 radical (unpaired) electrons. The molecule has 0 aliphatic carbocycles. The molecule has 4 rings (SSSR count). The second kappa shape index (κ2) is 9.74. The van der Waals surface area contributed by atoms with Crippen LogP contribution in [0.25, 0.3) is 0 Å². The largest absolute Gasteiger partial charge is 0.457 e. The van der Waals surface area contributed by atoms with E-state index < -0.39 is 0 Å². The van der Waals surface area contributed by atoms with Crippen molar-refractivity contribution in [2.75, 3.05) is 42.9 Å². The van der Waals surface area contributed by atoms with E-state index in [0.717, 1.165) is 37.6 Å². The molecule has 1 aliphatic rings. The van der Waals surface area contributed by atoms with Crippen molar-refractivity contribution in [2.24, 2.45) is 0 Å². The number of nitrogens with one attached hydrogen (secondary N) is 1. The Morgan fingerprint density at radius 3 is 2.39 bits per heavy atom. The van der Waals surface area contributed by atoms with Crippen LogP contribution in [0.5, 0.6) is 11.5 Å². The fourth-order valence-corrected chi connectivity index (χ4v) is 3.49. The molecule has 3 aromatic rings. The molecule has 1 aromatic heterocycles. The van der Waals surface area contributed by atoms with Gasteiger partial charge in [-0.25, -0.2) is 4.98 Å². The van der Waals surface area contributed by atoms with E-state index in [9.17, 15) is 10.1 Å². The predicted octanol–water partition coefficient (Wildman–Crippen LogP) is 3.51. The number of carbonyl (C=O) groups excluding carboxylic acids is 1. The number of benzene rings is 2. The van der Waals surface area contributed by atoms with E-state index in [4.69, 9.17) is 4.74 Å². The molecule has 1 fully saturated rings. The normalized spacial score (nSPS) is 14.0. The topological polar surface area (TPSA) is 81.5 Å². The summed E-state index contributed by atoms with van der Waals surface area (Å²) in [5, 5.41) is 12.2. The number of nitriles is 1. The third kappa shape index (κ3) is 5.38. The van der Waals surface area contributed by atoms with Gasteiger partial charge in [0, 0.05) is 38.1 Å². The van der Waals surface area contributed by atoms with Crippen molar-refractivity contribution in [1.29, 1.82) is 5.26 Å². The van der Waals surface area contributed by atoms with Crippen molar-refractivity contribution in [2.45, 2.75) is 0 Å². The second-order valence-corrected chi connectivity index (χ2v) is 7.24. The van der Waals surface area contributed by atoms with E-state index >= 15 is 0 Å². The summed E-state index contributed by atoms with van der Waals surface area (Å²) >= 11 is 0. The highest BCUT2D eigenvalue weighted by atomic mass is 16.5. The van der Waals surface area contributed by atoms with Gasteiger partial charge in [-0.3, -0.25) is 9.69 Å². The Hall–Kier alpha value is -3.89. The summed E-state index contributed by atoms with van der Waals surface area (Å²) in [6.07, 6.45) is 1.70. The predicted molar refractivity (Wildman–Crippen MR) is 119 cm³/mol. The van der Waals surface area contributed by atoms with E-state index in [1.165, 1.54) is 0 Å². The molecule has 7 heteroatoms. The first-order valence-electron chi connectivity index (χ1n) is 10.2. The lowest BCUT2D eigenvalue weighted by Gasteiger charge is -2.35. The summed E-state index contributed by atoms with van der Waals surface area (Å²) in [5.41, 5.74) is 1.31. The summed E-state index contributed by atoms with van der Waals surface area (Å²) in [6, 6.07) is 22.6. The number of aromatic nitrogens is 1. The van der Waals surface area contributed by atoms with Gasteiger partial charge in [-0.05, 0) is 48.5 Å². The number of ether oxygens (including phenoxy) is 1. The lowest BCUT2D eigenvalue weighted by atomic mass is 10.2. The number of hydrogen-bond donors (Lipinski definition) is 1.